The van der Waals surface area contributed by atoms with E-state index in [1.807, 2.05) is 36.4 Å². The van der Waals surface area contributed by atoms with Crippen molar-refractivity contribution in [1.82, 2.24) is 0 Å². The van der Waals surface area contributed by atoms with Crippen LogP contribution in [0.15, 0.2) is 71.7 Å². The third-order valence-corrected chi connectivity index (χ3v) is 4.06. The fourth-order valence-corrected chi connectivity index (χ4v) is 2.67. The molecule has 4 heteroatoms. The van der Waals surface area contributed by atoms with E-state index in [1.165, 1.54) is 5.56 Å². The van der Waals surface area contributed by atoms with E-state index in [9.17, 15) is 0 Å². The topological polar surface area (TPSA) is 40.0 Å². The number of hydrogen-bond donors (Lipinski definition) is 0. The van der Waals surface area contributed by atoms with Gasteiger partial charge in [0, 0.05) is 17.8 Å². The van der Waals surface area contributed by atoms with Gasteiger partial charge in [0.1, 0.15) is 5.75 Å². The van der Waals surface area contributed by atoms with Crippen LogP contribution in [0.1, 0.15) is 5.56 Å². The molecule has 0 aromatic heterocycles. The van der Waals surface area contributed by atoms with Gasteiger partial charge in [-0.05, 0) is 29.3 Å². The van der Waals surface area contributed by atoms with Crippen LogP contribution in [0.3, 0.4) is 0 Å². The summed E-state index contributed by atoms with van der Waals surface area (Å²) in [6.45, 7) is 0. The number of methoxy groups -OCH3 is 3. The number of rotatable bonds is 6. The number of benzene rings is 3. The highest BCUT2D eigenvalue weighted by molar-refractivity contribution is 5.87. The maximum atomic E-state index is 5.43. The fourth-order valence-electron chi connectivity index (χ4n) is 2.67. The Morgan fingerprint density at radius 3 is 1.85 bits per heavy atom. The molecule has 0 unspecified atom stereocenters. The highest BCUT2D eigenvalue weighted by Gasteiger charge is 2.10. The minimum atomic E-state index is 0.619. The molecule has 0 heterocycles. The minimum absolute atomic E-state index is 0.619. The smallest absolute Gasteiger partial charge is 0.164 e. The van der Waals surface area contributed by atoms with Crippen molar-refractivity contribution in [2.75, 3.05) is 21.3 Å². The van der Waals surface area contributed by atoms with Crippen LogP contribution in [-0.4, -0.2) is 27.5 Å². The monoisotopic (exact) mass is 347 g/mol. The molecule has 0 amide bonds. The Bertz CT molecular complexity index is 887. The molecule has 0 aliphatic heterocycles. The third-order valence-electron chi connectivity index (χ3n) is 4.06. The van der Waals surface area contributed by atoms with Crippen molar-refractivity contribution in [3.05, 3.63) is 72.3 Å². The second-order valence-corrected chi connectivity index (χ2v) is 5.62. The molecule has 0 atom stereocenters. The zero-order chi connectivity index (χ0) is 18.4. The first kappa shape index (κ1) is 17.5. The van der Waals surface area contributed by atoms with E-state index in [0.717, 1.165) is 16.8 Å². The maximum Gasteiger partial charge on any atom is 0.164 e. The number of aliphatic imine (C=N–C) groups is 1. The first-order chi connectivity index (χ1) is 12.7. The molecule has 0 spiro atoms. The second-order valence-electron chi connectivity index (χ2n) is 5.62. The maximum absolute atomic E-state index is 5.43. The van der Waals surface area contributed by atoms with Gasteiger partial charge in [0.05, 0.1) is 27.0 Å². The molecule has 3 aromatic carbocycles. The molecule has 3 rings (SSSR count). The van der Waals surface area contributed by atoms with Gasteiger partial charge >= 0.3 is 0 Å². The Morgan fingerprint density at radius 2 is 1.23 bits per heavy atom. The van der Waals surface area contributed by atoms with E-state index in [2.05, 4.69) is 29.3 Å². The molecule has 0 N–H and O–H groups in total. The highest BCUT2D eigenvalue weighted by Crippen LogP contribution is 2.34. The van der Waals surface area contributed by atoms with Gasteiger partial charge in [-0.25, -0.2) is 0 Å². The zero-order valence-corrected chi connectivity index (χ0v) is 15.1. The third kappa shape index (κ3) is 3.86. The Hall–Kier alpha value is -3.27. The van der Waals surface area contributed by atoms with Crippen molar-refractivity contribution in [3.8, 4) is 28.4 Å². The minimum Gasteiger partial charge on any atom is -0.496 e. The largest absolute Gasteiger partial charge is 0.496 e. The van der Waals surface area contributed by atoms with Crippen LogP contribution in [0.2, 0.25) is 0 Å². The molecule has 0 saturated heterocycles. The predicted molar refractivity (Wildman–Crippen MR) is 105 cm³/mol. The van der Waals surface area contributed by atoms with Crippen LogP contribution >= 0.6 is 0 Å². The lowest BCUT2D eigenvalue weighted by Gasteiger charge is -2.11. The lowest BCUT2D eigenvalue weighted by atomic mass is 10.1. The van der Waals surface area contributed by atoms with E-state index in [0.29, 0.717) is 17.2 Å². The first-order valence-electron chi connectivity index (χ1n) is 8.24. The normalized spacial score (nSPS) is 10.7. The first-order valence-corrected chi connectivity index (χ1v) is 8.24. The van der Waals surface area contributed by atoms with E-state index in [1.54, 1.807) is 33.6 Å². The van der Waals surface area contributed by atoms with Crippen molar-refractivity contribution in [3.63, 3.8) is 0 Å². The van der Waals surface area contributed by atoms with Crippen molar-refractivity contribution in [2.45, 2.75) is 0 Å². The second kappa shape index (κ2) is 8.21. The Labute approximate surface area is 153 Å². The summed E-state index contributed by atoms with van der Waals surface area (Å²) in [5.74, 6) is 1.93. The summed E-state index contributed by atoms with van der Waals surface area (Å²) in [4.78, 5) is 4.55. The molecule has 0 bridgehead atoms. The number of ether oxygens (including phenoxy) is 3. The van der Waals surface area contributed by atoms with Crippen molar-refractivity contribution in [2.24, 2.45) is 4.99 Å². The summed E-state index contributed by atoms with van der Waals surface area (Å²) in [5, 5.41) is 0. The van der Waals surface area contributed by atoms with Crippen molar-refractivity contribution >= 4 is 11.9 Å². The highest BCUT2D eigenvalue weighted by atomic mass is 16.5. The summed E-state index contributed by atoms with van der Waals surface area (Å²) in [6.07, 6.45) is 1.76. The van der Waals surface area contributed by atoms with Crippen molar-refractivity contribution < 1.29 is 14.2 Å². The van der Waals surface area contributed by atoms with Crippen LogP contribution < -0.4 is 14.2 Å². The Kier molecular flexibility index (Phi) is 5.54. The summed E-state index contributed by atoms with van der Waals surface area (Å²) < 4.78 is 16.1. The SMILES string of the molecule is COc1cc(OC)c(OC)cc1C=Nc1ccc(-c2ccccc2)cc1. The van der Waals surface area contributed by atoms with Gasteiger partial charge in [-0.3, -0.25) is 4.99 Å². The summed E-state index contributed by atoms with van der Waals surface area (Å²) in [7, 11) is 4.82. The average Bonchev–Trinajstić information content (AvgIpc) is 2.72. The average molecular weight is 347 g/mol. The van der Waals surface area contributed by atoms with Gasteiger partial charge in [-0.15, -0.1) is 0 Å². The number of hydrogen-bond acceptors (Lipinski definition) is 4. The molecular formula is C22H21NO3. The van der Waals surface area contributed by atoms with Gasteiger partial charge < -0.3 is 14.2 Å². The summed E-state index contributed by atoms with van der Waals surface area (Å²) in [5.41, 5.74) is 4.02. The zero-order valence-electron chi connectivity index (χ0n) is 15.1. The molecule has 0 aliphatic carbocycles. The molecule has 0 saturated carbocycles. The Balaban J connectivity index is 1.85. The van der Waals surface area contributed by atoms with Gasteiger partial charge in [-0.1, -0.05) is 42.5 Å². The van der Waals surface area contributed by atoms with Gasteiger partial charge in [0.2, 0.25) is 0 Å². The Morgan fingerprint density at radius 1 is 0.654 bits per heavy atom. The van der Waals surface area contributed by atoms with Crippen LogP contribution in [-0.2, 0) is 0 Å². The van der Waals surface area contributed by atoms with Gasteiger partial charge in [0.15, 0.2) is 11.5 Å². The van der Waals surface area contributed by atoms with Gasteiger partial charge in [-0.2, -0.15) is 0 Å². The molecule has 132 valence electrons. The number of nitrogens with zero attached hydrogens (tertiary/aromatic N) is 1. The van der Waals surface area contributed by atoms with E-state index in [-0.39, 0.29) is 0 Å². The molecule has 0 fully saturated rings. The predicted octanol–water partition coefficient (Wildman–Crippen LogP) is 5.13. The van der Waals surface area contributed by atoms with Crippen LogP contribution in [0.5, 0.6) is 17.2 Å². The molecule has 0 aliphatic rings. The quantitative estimate of drug-likeness (QED) is 0.580. The fraction of sp³-hybridized carbons (Fsp3) is 0.136. The molecular weight excluding hydrogens is 326 g/mol. The lowest BCUT2D eigenvalue weighted by Crippen LogP contribution is -1.96. The van der Waals surface area contributed by atoms with Crippen LogP contribution in [0.25, 0.3) is 11.1 Å². The van der Waals surface area contributed by atoms with Gasteiger partial charge in [0.25, 0.3) is 0 Å². The summed E-state index contributed by atoms with van der Waals surface area (Å²) >= 11 is 0. The van der Waals surface area contributed by atoms with Crippen molar-refractivity contribution in [1.29, 1.82) is 0 Å². The van der Waals surface area contributed by atoms with E-state index in [4.69, 9.17) is 14.2 Å². The molecule has 3 aromatic rings. The molecule has 4 nitrogen and oxygen atoms in total. The van der Waals surface area contributed by atoms with Crippen LogP contribution in [0, 0.1) is 0 Å². The van der Waals surface area contributed by atoms with E-state index >= 15 is 0 Å². The lowest BCUT2D eigenvalue weighted by molar-refractivity contribution is 0.349. The molecule has 26 heavy (non-hydrogen) atoms. The summed E-state index contributed by atoms with van der Waals surface area (Å²) in [6, 6.07) is 22.0. The van der Waals surface area contributed by atoms with E-state index < -0.39 is 0 Å². The molecule has 0 radical (unpaired) electrons. The standard InChI is InChI=1S/C22H21NO3/c1-24-20-14-22(26-3)21(25-2)13-18(20)15-23-19-11-9-17(10-12-19)16-7-5-4-6-8-16/h4-15H,1-3H3. The van der Waals surface area contributed by atoms with Crippen LogP contribution in [0.4, 0.5) is 5.69 Å².